The number of H-pyrrole nitrogens is 1. The molecule has 0 atom stereocenters. The lowest BCUT2D eigenvalue weighted by atomic mass is 10.1. The predicted molar refractivity (Wildman–Crippen MR) is 111 cm³/mol. The fourth-order valence-corrected chi connectivity index (χ4v) is 3.56. The van der Waals surface area contributed by atoms with Crippen LogP contribution in [0.5, 0.6) is 5.88 Å². The molecule has 6 nitrogen and oxygen atoms in total. The zero-order valence-corrected chi connectivity index (χ0v) is 15.2. The van der Waals surface area contributed by atoms with E-state index in [-0.39, 0.29) is 5.56 Å². The van der Waals surface area contributed by atoms with Crippen molar-refractivity contribution in [1.82, 2.24) is 9.55 Å². The first kappa shape index (κ1) is 16.9. The second-order valence-electron chi connectivity index (χ2n) is 6.71. The topological polar surface area (TPSA) is 87.5 Å². The lowest BCUT2D eigenvalue weighted by Gasteiger charge is -2.12. The van der Waals surface area contributed by atoms with E-state index in [0.717, 1.165) is 25.9 Å². The number of allylic oxidation sites excluding steroid dienone is 1. The second-order valence-corrected chi connectivity index (χ2v) is 6.71. The summed E-state index contributed by atoms with van der Waals surface area (Å²) in [5.41, 5.74) is -0.398. The van der Waals surface area contributed by atoms with E-state index < -0.39 is 17.1 Å². The number of para-hydroxylation sites is 1. The average molecular weight is 381 g/mol. The number of nitrogens with zero attached hydrogens (tertiary/aromatic N) is 2. The Balaban J connectivity index is 1.76. The highest BCUT2D eigenvalue weighted by Gasteiger charge is 2.16. The van der Waals surface area contributed by atoms with Gasteiger partial charge in [0.25, 0.3) is 5.56 Å². The van der Waals surface area contributed by atoms with Crippen LogP contribution >= 0.6 is 0 Å². The zero-order chi connectivity index (χ0) is 20.0. The number of hydrogen-bond acceptors (Lipinski definition) is 4. The molecule has 0 amide bonds. The monoisotopic (exact) mass is 381 g/mol. The molecule has 0 unspecified atom stereocenters. The van der Waals surface area contributed by atoms with E-state index >= 15 is 0 Å². The molecule has 1 aliphatic rings. The van der Waals surface area contributed by atoms with Gasteiger partial charge >= 0.3 is 5.69 Å². The van der Waals surface area contributed by atoms with E-state index in [9.17, 15) is 14.7 Å². The maximum Gasteiger partial charge on any atom is 0.335 e. The molecule has 1 aliphatic heterocycles. The summed E-state index contributed by atoms with van der Waals surface area (Å²) in [4.78, 5) is 31.8. The van der Waals surface area contributed by atoms with Gasteiger partial charge in [-0.3, -0.25) is 9.78 Å². The van der Waals surface area contributed by atoms with Crippen LogP contribution in [0.2, 0.25) is 0 Å². The lowest BCUT2D eigenvalue weighted by Crippen LogP contribution is -2.30. The quantitative estimate of drug-likeness (QED) is 0.555. The van der Waals surface area contributed by atoms with Gasteiger partial charge in [0.05, 0.1) is 16.7 Å². The van der Waals surface area contributed by atoms with Gasteiger partial charge in [-0.1, -0.05) is 54.6 Å². The number of benzene rings is 3. The minimum Gasteiger partial charge on any atom is -0.494 e. The van der Waals surface area contributed by atoms with Gasteiger partial charge in [-0.15, -0.1) is 0 Å². The first-order valence-electron chi connectivity index (χ1n) is 9.05. The molecule has 1 aromatic heterocycles. The van der Waals surface area contributed by atoms with Crippen LogP contribution in [0.15, 0.2) is 87.0 Å². The minimum absolute atomic E-state index is 0.0275. The van der Waals surface area contributed by atoms with Crippen molar-refractivity contribution in [2.24, 2.45) is 4.99 Å². The number of hydrogen-bond donors (Lipinski definition) is 2. The molecule has 140 valence electrons. The number of nitrogens with one attached hydrogen (secondary N) is 1. The molecule has 5 rings (SSSR count). The maximum atomic E-state index is 12.6. The zero-order valence-electron chi connectivity index (χ0n) is 15.2. The van der Waals surface area contributed by atoms with Gasteiger partial charge in [0.15, 0.2) is 0 Å². The fraction of sp³-hybridized carbons (Fsp3) is 0. The van der Waals surface area contributed by atoms with Crippen LogP contribution < -0.4 is 21.8 Å². The molecule has 3 aromatic carbocycles. The molecule has 2 N–H and O–H groups in total. The minimum atomic E-state index is -0.707. The predicted octanol–water partition coefficient (Wildman–Crippen LogP) is 1.84. The highest BCUT2D eigenvalue weighted by atomic mass is 16.3. The second kappa shape index (κ2) is 6.45. The molecule has 2 heterocycles. The molecule has 29 heavy (non-hydrogen) atoms. The summed E-state index contributed by atoms with van der Waals surface area (Å²) in [7, 11) is 0. The van der Waals surface area contributed by atoms with Crippen molar-refractivity contribution in [2.75, 3.05) is 0 Å². The van der Waals surface area contributed by atoms with Gasteiger partial charge in [0.2, 0.25) is 5.88 Å². The summed E-state index contributed by atoms with van der Waals surface area (Å²) in [5.74, 6) is -0.429. The van der Waals surface area contributed by atoms with E-state index in [1.807, 2.05) is 60.7 Å². The Kier molecular flexibility index (Phi) is 3.77. The molecule has 0 saturated carbocycles. The number of aromatic nitrogens is 2. The van der Waals surface area contributed by atoms with Crippen molar-refractivity contribution >= 4 is 22.9 Å². The Hall–Kier alpha value is -4.19. The van der Waals surface area contributed by atoms with Crippen LogP contribution in [0, 0.1) is 0 Å². The van der Waals surface area contributed by atoms with Crippen molar-refractivity contribution in [3.63, 3.8) is 0 Å². The Morgan fingerprint density at radius 2 is 1.69 bits per heavy atom. The number of aromatic hydroxyl groups is 1. The standard InChI is InChI=1S/C23H15N3O3/c27-21-18(13-16-12-15-7-2-4-10-19(15)24-16)22(28)26(23(29)25-21)20-11-5-8-14-6-1-3-9-17(14)20/h1-13,28H,(H,25,27,29)/b16-13+. The van der Waals surface area contributed by atoms with Crippen LogP contribution in [0.1, 0.15) is 5.56 Å². The number of fused-ring (bicyclic) bond motifs is 2. The van der Waals surface area contributed by atoms with Gasteiger partial charge in [-0.25, -0.2) is 14.4 Å². The van der Waals surface area contributed by atoms with Crippen LogP contribution in [-0.2, 0) is 0 Å². The van der Waals surface area contributed by atoms with Crippen LogP contribution in [0.25, 0.3) is 28.6 Å². The summed E-state index contributed by atoms with van der Waals surface area (Å²) < 4.78 is 1.11. The van der Waals surface area contributed by atoms with Crippen molar-refractivity contribution in [3.8, 4) is 11.6 Å². The fourth-order valence-electron chi connectivity index (χ4n) is 3.56. The highest BCUT2D eigenvalue weighted by molar-refractivity contribution is 5.90. The smallest absolute Gasteiger partial charge is 0.335 e. The van der Waals surface area contributed by atoms with E-state index in [1.165, 1.54) is 6.08 Å². The largest absolute Gasteiger partial charge is 0.494 e. The van der Waals surface area contributed by atoms with Gasteiger partial charge in [0, 0.05) is 10.6 Å². The van der Waals surface area contributed by atoms with E-state index in [0.29, 0.717) is 11.4 Å². The first-order valence-corrected chi connectivity index (χ1v) is 9.05. The summed E-state index contributed by atoms with van der Waals surface area (Å²) >= 11 is 0. The molecular weight excluding hydrogens is 366 g/mol. The van der Waals surface area contributed by atoms with Crippen molar-refractivity contribution in [1.29, 1.82) is 0 Å². The molecule has 0 spiro atoms. The molecule has 0 aliphatic carbocycles. The maximum absolute atomic E-state index is 12.6. The van der Waals surface area contributed by atoms with E-state index in [2.05, 4.69) is 9.98 Å². The highest BCUT2D eigenvalue weighted by Crippen LogP contribution is 2.25. The van der Waals surface area contributed by atoms with Crippen molar-refractivity contribution < 1.29 is 5.11 Å². The molecule has 0 fully saturated rings. The molecular formula is C23H15N3O3. The average Bonchev–Trinajstić information content (AvgIpc) is 3.14. The lowest BCUT2D eigenvalue weighted by molar-refractivity contribution is 0.430. The molecule has 0 radical (unpaired) electrons. The molecule has 6 heteroatoms. The SMILES string of the molecule is O=c1[nH]c(=O)n(-c2cccc3ccccc23)c(O)c1/C=C1\C=c2ccccc2=N1. The van der Waals surface area contributed by atoms with Gasteiger partial charge in [0.1, 0.15) is 5.56 Å². The third-order valence-electron chi connectivity index (χ3n) is 4.91. The van der Waals surface area contributed by atoms with E-state index in [1.54, 1.807) is 12.1 Å². The third kappa shape index (κ3) is 2.78. The summed E-state index contributed by atoms with van der Waals surface area (Å²) in [6.45, 7) is 0. The Bertz CT molecular complexity index is 1520. The van der Waals surface area contributed by atoms with Gasteiger partial charge in [-0.05, 0) is 29.7 Å². The first-order chi connectivity index (χ1) is 14.1. The van der Waals surface area contributed by atoms with Crippen LogP contribution in [-0.4, -0.2) is 14.7 Å². The van der Waals surface area contributed by atoms with Crippen LogP contribution in [0.4, 0.5) is 0 Å². The molecule has 0 saturated heterocycles. The Morgan fingerprint density at radius 3 is 2.55 bits per heavy atom. The number of aromatic amines is 1. The summed E-state index contributed by atoms with van der Waals surface area (Å²) in [6.07, 6.45) is 3.30. The number of rotatable bonds is 2. The van der Waals surface area contributed by atoms with Crippen molar-refractivity contribution in [3.05, 3.63) is 109 Å². The Labute approximate surface area is 164 Å². The van der Waals surface area contributed by atoms with Gasteiger partial charge in [-0.2, -0.15) is 0 Å². The van der Waals surface area contributed by atoms with E-state index in [4.69, 9.17) is 0 Å². The van der Waals surface area contributed by atoms with Crippen molar-refractivity contribution in [2.45, 2.75) is 0 Å². The third-order valence-corrected chi connectivity index (χ3v) is 4.91. The summed E-state index contributed by atoms with van der Waals surface area (Å²) in [6, 6.07) is 20.5. The molecule has 4 aromatic rings. The Morgan fingerprint density at radius 1 is 0.931 bits per heavy atom. The normalized spacial score (nSPS) is 13.9. The van der Waals surface area contributed by atoms with Crippen LogP contribution in [0.3, 0.4) is 0 Å². The summed E-state index contributed by atoms with van der Waals surface area (Å²) in [5, 5.41) is 14.3. The van der Waals surface area contributed by atoms with Gasteiger partial charge < -0.3 is 5.11 Å². The molecule has 0 bridgehead atoms.